The van der Waals surface area contributed by atoms with Crippen molar-refractivity contribution in [2.75, 3.05) is 4.90 Å². The number of piperidine rings is 1. The van der Waals surface area contributed by atoms with Crippen LogP contribution in [0, 0.1) is 0 Å². The van der Waals surface area contributed by atoms with E-state index in [2.05, 4.69) is 17.0 Å². The summed E-state index contributed by atoms with van der Waals surface area (Å²) in [4.78, 5) is 14.1. The van der Waals surface area contributed by atoms with Crippen LogP contribution in [-0.4, -0.2) is 29.1 Å². The van der Waals surface area contributed by atoms with E-state index in [1.807, 2.05) is 19.1 Å². The highest BCUT2D eigenvalue weighted by molar-refractivity contribution is 5.96. The molecule has 1 N–H and O–H groups in total. The number of aliphatic hydroxyl groups is 1. The van der Waals surface area contributed by atoms with E-state index in [1.165, 1.54) is 18.5 Å². The molecule has 19 heavy (non-hydrogen) atoms. The summed E-state index contributed by atoms with van der Waals surface area (Å²) in [6, 6.07) is 8.94. The second-order valence-corrected chi connectivity index (χ2v) is 5.74. The Morgan fingerprint density at radius 2 is 1.79 bits per heavy atom. The Labute approximate surface area is 114 Å². The summed E-state index contributed by atoms with van der Waals surface area (Å²) in [5.41, 5.74) is 2.00. The van der Waals surface area contributed by atoms with Gasteiger partial charge in [-0.2, -0.15) is 0 Å². The fourth-order valence-corrected chi connectivity index (χ4v) is 3.59. The number of hydrogen-bond acceptors (Lipinski definition) is 3. The minimum absolute atomic E-state index is 0.130. The lowest BCUT2D eigenvalue weighted by Gasteiger charge is -2.39. The molecule has 102 valence electrons. The third kappa shape index (κ3) is 2.27. The Bertz CT molecular complexity index is 454. The average Bonchev–Trinajstić information content (AvgIpc) is 2.70. The van der Waals surface area contributed by atoms with Crippen molar-refractivity contribution >= 4 is 11.5 Å². The molecule has 2 aliphatic heterocycles. The normalized spacial score (nSPS) is 29.6. The van der Waals surface area contributed by atoms with Crippen LogP contribution in [0.25, 0.3) is 0 Å². The number of fused-ring (bicyclic) bond motifs is 2. The summed E-state index contributed by atoms with van der Waals surface area (Å²) in [7, 11) is 0. The number of nitrogens with zero attached hydrogens (tertiary/aromatic N) is 1. The molecule has 2 saturated heterocycles. The zero-order chi connectivity index (χ0) is 13.4. The van der Waals surface area contributed by atoms with Gasteiger partial charge in [0.05, 0.1) is 6.10 Å². The molecule has 1 aromatic rings. The Kier molecular flexibility index (Phi) is 3.31. The first-order valence-corrected chi connectivity index (χ1v) is 7.28. The first-order chi connectivity index (χ1) is 9.19. The lowest BCUT2D eigenvalue weighted by Crippen LogP contribution is -2.44. The van der Waals surface area contributed by atoms with E-state index in [4.69, 9.17) is 0 Å². The molecule has 0 spiro atoms. The van der Waals surface area contributed by atoms with Gasteiger partial charge in [-0.25, -0.2) is 0 Å². The number of hydrogen-bond donors (Lipinski definition) is 1. The first-order valence-electron chi connectivity index (χ1n) is 7.28. The quantitative estimate of drug-likeness (QED) is 0.849. The molecule has 2 aliphatic rings. The number of carbonyl (C=O) groups is 1. The third-order valence-electron chi connectivity index (χ3n) is 4.52. The van der Waals surface area contributed by atoms with Crippen molar-refractivity contribution in [2.45, 2.75) is 57.2 Å². The lowest BCUT2D eigenvalue weighted by atomic mass is 9.98. The van der Waals surface area contributed by atoms with Gasteiger partial charge in [0.25, 0.3) is 0 Å². The number of Topliss-reactive ketones (excluding diaryl/α,β-unsaturated/α-hetero) is 1. The summed E-state index contributed by atoms with van der Waals surface area (Å²) >= 11 is 0. The fraction of sp³-hybridized carbons (Fsp3) is 0.562. The molecule has 3 nitrogen and oxygen atoms in total. The topological polar surface area (TPSA) is 40.5 Å². The molecule has 3 rings (SSSR count). The molecule has 0 aliphatic carbocycles. The fourth-order valence-electron chi connectivity index (χ4n) is 3.59. The lowest BCUT2D eigenvalue weighted by molar-refractivity contribution is 0.0988. The van der Waals surface area contributed by atoms with Crippen molar-refractivity contribution in [3.63, 3.8) is 0 Å². The number of benzene rings is 1. The predicted molar refractivity (Wildman–Crippen MR) is 75.6 cm³/mol. The number of ketones is 1. The molecule has 2 unspecified atom stereocenters. The molecule has 3 heteroatoms. The van der Waals surface area contributed by atoms with Crippen LogP contribution in [0.3, 0.4) is 0 Å². The highest BCUT2D eigenvalue weighted by Crippen LogP contribution is 2.39. The van der Waals surface area contributed by atoms with E-state index in [1.54, 1.807) is 0 Å². The Hall–Kier alpha value is -1.35. The molecule has 2 bridgehead atoms. The van der Waals surface area contributed by atoms with Crippen LogP contribution in [0.15, 0.2) is 24.3 Å². The summed E-state index contributed by atoms with van der Waals surface area (Å²) in [6.07, 6.45) is 4.54. The van der Waals surface area contributed by atoms with E-state index in [0.29, 0.717) is 18.5 Å². The van der Waals surface area contributed by atoms with Crippen LogP contribution < -0.4 is 4.90 Å². The molecule has 1 aromatic carbocycles. The van der Waals surface area contributed by atoms with E-state index in [0.717, 1.165) is 18.4 Å². The third-order valence-corrected chi connectivity index (χ3v) is 4.52. The minimum atomic E-state index is -0.130. The predicted octanol–water partition coefficient (Wildman–Crippen LogP) is 2.77. The van der Waals surface area contributed by atoms with Crippen LogP contribution in [0.5, 0.6) is 0 Å². The largest absolute Gasteiger partial charge is 0.393 e. The summed E-state index contributed by atoms with van der Waals surface area (Å²) in [5, 5.41) is 9.83. The number of carbonyl (C=O) groups excluding carboxylic acids is 1. The van der Waals surface area contributed by atoms with Gasteiger partial charge < -0.3 is 10.0 Å². The van der Waals surface area contributed by atoms with Crippen LogP contribution in [0.1, 0.15) is 49.4 Å². The van der Waals surface area contributed by atoms with Gasteiger partial charge in [0.1, 0.15) is 0 Å². The molecule has 0 radical (unpaired) electrons. The average molecular weight is 259 g/mol. The number of anilines is 1. The van der Waals surface area contributed by atoms with Gasteiger partial charge in [-0.1, -0.05) is 6.92 Å². The van der Waals surface area contributed by atoms with Crippen LogP contribution in [0.4, 0.5) is 5.69 Å². The zero-order valence-corrected chi connectivity index (χ0v) is 11.4. The van der Waals surface area contributed by atoms with Gasteiger partial charge in [0.15, 0.2) is 5.78 Å². The van der Waals surface area contributed by atoms with E-state index >= 15 is 0 Å². The van der Waals surface area contributed by atoms with Gasteiger partial charge in [0.2, 0.25) is 0 Å². The maximum absolute atomic E-state index is 11.6. The van der Waals surface area contributed by atoms with Crippen molar-refractivity contribution < 1.29 is 9.90 Å². The minimum Gasteiger partial charge on any atom is -0.393 e. The Balaban J connectivity index is 1.81. The second-order valence-electron chi connectivity index (χ2n) is 5.74. The standard InChI is InChI=1S/C16H21NO2/c1-2-16(19)11-3-5-12(6-4-11)17-13-7-8-14(17)10-15(18)9-13/h3-6,13-15,18H,2,7-10H2,1H3. The first kappa shape index (κ1) is 12.7. The maximum Gasteiger partial charge on any atom is 0.162 e. The maximum atomic E-state index is 11.6. The molecule has 2 fully saturated rings. The highest BCUT2D eigenvalue weighted by atomic mass is 16.3. The number of aliphatic hydroxyl groups excluding tert-OH is 1. The molecule has 0 saturated carbocycles. The smallest absolute Gasteiger partial charge is 0.162 e. The van der Waals surface area contributed by atoms with Gasteiger partial charge in [0, 0.05) is 29.8 Å². The monoisotopic (exact) mass is 259 g/mol. The number of rotatable bonds is 3. The summed E-state index contributed by atoms with van der Waals surface area (Å²) in [6.45, 7) is 1.89. The van der Waals surface area contributed by atoms with E-state index in [-0.39, 0.29) is 11.9 Å². The summed E-state index contributed by atoms with van der Waals surface area (Å²) < 4.78 is 0. The van der Waals surface area contributed by atoms with E-state index in [9.17, 15) is 9.90 Å². The van der Waals surface area contributed by atoms with Crippen LogP contribution >= 0.6 is 0 Å². The molecule has 2 heterocycles. The summed E-state index contributed by atoms with van der Waals surface area (Å²) in [5.74, 6) is 0.198. The van der Waals surface area contributed by atoms with Gasteiger partial charge in [-0.05, 0) is 49.9 Å². The van der Waals surface area contributed by atoms with Crippen molar-refractivity contribution in [1.82, 2.24) is 0 Å². The molecule has 0 aromatic heterocycles. The Morgan fingerprint density at radius 1 is 1.21 bits per heavy atom. The van der Waals surface area contributed by atoms with Crippen LogP contribution in [-0.2, 0) is 0 Å². The van der Waals surface area contributed by atoms with Crippen molar-refractivity contribution in [3.05, 3.63) is 29.8 Å². The van der Waals surface area contributed by atoms with Crippen molar-refractivity contribution in [1.29, 1.82) is 0 Å². The van der Waals surface area contributed by atoms with Crippen molar-refractivity contribution in [3.8, 4) is 0 Å². The highest BCUT2D eigenvalue weighted by Gasteiger charge is 2.40. The van der Waals surface area contributed by atoms with Gasteiger partial charge in [-0.15, -0.1) is 0 Å². The van der Waals surface area contributed by atoms with Gasteiger partial charge >= 0.3 is 0 Å². The molecular weight excluding hydrogens is 238 g/mol. The zero-order valence-electron chi connectivity index (χ0n) is 11.4. The molecule has 2 atom stereocenters. The van der Waals surface area contributed by atoms with E-state index < -0.39 is 0 Å². The van der Waals surface area contributed by atoms with Crippen LogP contribution in [0.2, 0.25) is 0 Å². The molecule has 0 amide bonds. The Morgan fingerprint density at radius 3 is 2.32 bits per heavy atom. The second kappa shape index (κ2) is 4.97. The van der Waals surface area contributed by atoms with Gasteiger partial charge in [-0.3, -0.25) is 4.79 Å². The SMILES string of the molecule is CCC(=O)c1ccc(N2C3CCC2CC(O)C3)cc1. The molecular formula is C16H21NO2. The van der Waals surface area contributed by atoms with Crippen molar-refractivity contribution in [2.24, 2.45) is 0 Å².